The fourth-order valence-electron chi connectivity index (χ4n) is 2.77. The van der Waals surface area contributed by atoms with Crippen molar-refractivity contribution < 1.29 is 18.0 Å². The van der Waals surface area contributed by atoms with Crippen molar-refractivity contribution in [3.8, 4) is 11.1 Å². The molecule has 0 bridgehead atoms. The van der Waals surface area contributed by atoms with Gasteiger partial charge in [-0.2, -0.15) is 23.3 Å². The molecule has 3 heterocycles. The first-order chi connectivity index (χ1) is 13.8. The first-order valence-corrected chi connectivity index (χ1v) is 8.40. The minimum atomic E-state index is -4.42. The number of nitrogen functional groups attached to an aromatic ring is 1. The van der Waals surface area contributed by atoms with Gasteiger partial charge in [-0.15, -0.1) is 5.10 Å². The minimum absolute atomic E-state index is 0.0961. The zero-order chi connectivity index (χ0) is 20.6. The second-order valence-corrected chi connectivity index (χ2v) is 6.24. The summed E-state index contributed by atoms with van der Waals surface area (Å²) in [6, 6.07) is 7.82. The summed E-state index contributed by atoms with van der Waals surface area (Å²) in [6.45, 7) is -0.0961. The molecule has 4 aromatic rings. The molecule has 148 valence electrons. The second-order valence-electron chi connectivity index (χ2n) is 6.24. The monoisotopic (exact) mass is 401 g/mol. The third-order valence-electron chi connectivity index (χ3n) is 4.12. The molecule has 1 aromatic carbocycles. The zero-order valence-electron chi connectivity index (χ0n) is 14.8. The average Bonchev–Trinajstić information content (AvgIpc) is 3.26. The Morgan fingerprint density at radius 3 is 2.62 bits per heavy atom. The Balaban J connectivity index is 1.43. The predicted molar refractivity (Wildman–Crippen MR) is 98.7 cm³/mol. The number of nitrogens with zero attached hydrogens (tertiary/aromatic N) is 5. The summed E-state index contributed by atoms with van der Waals surface area (Å²) in [5, 5.41) is 10.7. The molecule has 8 nitrogen and oxygen atoms in total. The summed E-state index contributed by atoms with van der Waals surface area (Å²) in [7, 11) is 0. The number of rotatable bonds is 4. The largest absolute Gasteiger partial charge is 0.416 e. The molecule has 0 saturated carbocycles. The molecule has 0 aliphatic carbocycles. The fourth-order valence-corrected chi connectivity index (χ4v) is 2.77. The van der Waals surface area contributed by atoms with E-state index >= 15 is 0 Å². The van der Waals surface area contributed by atoms with Crippen LogP contribution in [-0.4, -0.2) is 30.3 Å². The van der Waals surface area contributed by atoms with E-state index in [-0.39, 0.29) is 18.2 Å². The first kappa shape index (κ1) is 18.5. The molecule has 29 heavy (non-hydrogen) atoms. The maximum atomic E-state index is 12.6. The van der Waals surface area contributed by atoms with Gasteiger partial charge < -0.3 is 11.1 Å². The van der Waals surface area contributed by atoms with E-state index < -0.39 is 17.6 Å². The summed E-state index contributed by atoms with van der Waals surface area (Å²) < 4.78 is 40.7. The third kappa shape index (κ3) is 4.03. The van der Waals surface area contributed by atoms with Gasteiger partial charge in [0.1, 0.15) is 6.54 Å². The van der Waals surface area contributed by atoms with E-state index in [2.05, 4.69) is 20.5 Å². The molecule has 0 saturated heterocycles. The number of pyridine rings is 1. The van der Waals surface area contributed by atoms with E-state index in [0.717, 1.165) is 23.3 Å². The molecular weight excluding hydrogens is 387 g/mol. The van der Waals surface area contributed by atoms with Gasteiger partial charge in [0.25, 0.3) is 0 Å². The summed E-state index contributed by atoms with van der Waals surface area (Å²) >= 11 is 0. The van der Waals surface area contributed by atoms with E-state index in [1.807, 2.05) is 6.07 Å². The summed E-state index contributed by atoms with van der Waals surface area (Å²) in [5.74, 6) is -0.252. The highest BCUT2D eigenvalue weighted by atomic mass is 19.4. The van der Waals surface area contributed by atoms with Crippen molar-refractivity contribution in [3.63, 3.8) is 0 Å². The molecule has 0 radical (unpaired) electrons. The molecule has 0 aliphatic heterocycles. The molecule has 11 heteroatoms. The number of nitrogens with two attached hydrogens (primary N) is 1. The van der Waals surface area contributed by atoms with Crippen molar-refractivity contribution in [1.82, 2.24) is 24.4 Å². The lowest BCUT2D eigenvalue weighted by atomic mass is 10.1. The molecule has 0 atom stereocenters. The van der Waals surface area contributed by atoms with Gasteiger partial charge in [0, 0.05) is 23.6 Å². The number of hydrogen-bond donors (Lipinski definition) is 2. The Kier molecular flexibility index (Phi) is 4.41. The van der Waals surface area contributed by atoms with Crippen LogP contribution in [0.4, 0.5) is 24.8 Å². The second kappa shape index (κ2) is 6.93. The highest BCUT2D eigenvalue weighted by Crippen LogP contribution is 2.29. The van der Waals surface area contributed by atoms with Gasteiger partial charge in [0.2, 0.25) is 11.9 Å². The van der Waals surface area contributed by atoms with Crippen molar-refractivity contribution in [2.24, 2.45) is 0 Å². The van der Waals surface area contributed by atoms with E-state index in [1.54, 1.807) is 29.2 Å². The molecule has 4 rings (SSSR count). The van der Waals surface area contributed by atoms with Crippen molar-refractivity contribution in [2.75, 3.05) is 11.1 Å². The van der Waals surface area contributed by atoms with Crippen LogP contribution in [0.15, 0.2) is 55.0 Å². The molecule has 3 N–H and O–H groups in total. The third-order valence-corrected chi connectivity index (χ3v) is 4.12. The highest BCUT2D eigenvalue weighted by molar-refractivity contribution is 5.90. The van der Waals surface area contributed by atoms with Gasteiger partial charge in [0.05, 0.1) is 11.8 Å². The van der Waals surface area contributed by atoms with E-state index in [0.29, 0.717) is 5.65 Å². The number of fused-ring (bicyclic) bond motifs is 1. The average molecular weight is 401 g/mol. The SMILES string of the molecule is Nc1nc2cc(-c3cnn(CC(=O)Nc4ccc(C(F)(F)F)cc4)c3)ccn2n1. The van der Waals surface area contributed by atoms with Crippen LogP contribution in [0, 0.1) is 0 Å². The molecular formula is C18H14F3N7O. The molecule has 0 aliphatic rings. The highest BCUT2D eigenvalue weighted by Gasteiger charge is 2.29. The Labute approximate surface area is 161 Å². The van der Waals surface area contributed by atoms with Crippen LogP contribution in [0.5, 0.6) is 0 Å². The number of amides is 1. The van der Waals surface area contributed by atoms with Crippen LogP contribution in [0.25, 0.3) is 16.8 Å². The number of nitrogens with one attached hydrogen (secondary N) is 1. The van der Waals surface area contributed by atoms with Gasteiger partial charge in [0.15, 0.2) is 5.65 Å². The number of anilines is 2. The summed E-state index contributed by atoms with van der Waals surface area (Å²) in [6.07, 6.45) is 0.562. The van der Waals surface area contributed by atoms with Crippen molar-refractivity contribution in [2.45, 2.75) is 12.7 Å². The number of carbonyl (C=O) groups is 1. The van der Waals surface area contributed by atoms with Crippen LogP contribution in [0.2, 0.25) is 0 Å². The maximum Gasteiger partial charge on any atom is 0.416 e. The predicted octanol–water partition coefficient (Wildman–Crippen LogP) is 2.83. The molecule has 0 spiro atoms. The van der Waals surface area contributed by atoms with Crippen LogP contribution in [0.3, 0.4) is 0 Å². The number of hydrogen-bond acceptors (Lipinski definition) is 5. The van der Waals surface area contributed by atoms with Crippen LogP contribution in [-0.2, 0) is 17.5 Å². The van der Waals surface area contributed by atoms with Crippen molar-refractivity contribution in [1.29, 1.82) is 0 Å². The number of halogens is 3. The van der Waals surface area contributed by atoms with Crippen molar-refractivity contribution >= 4 is 23.2 Å². The topological polar surface area (TPSA) is 103 Å². The van der Waals surface area contributed by atoms with Gasteiger partial charge in [-0.25, -0.2) is 4.52 Å². The fraction of sp³-hybridized carbons (Fsp3) is 0.111. The zero-order valence-corrected chi connectivity index (χ0v) is 14.8. The Morgan fingerprint density at radius 2 is 1.90 bits per heavy atom. The molecule has 0 fully saturated rings. The van der Waals surface area contributed by atoms with Gasteiger partial charge in [-0.3, -0.25) is 9.48 Å². The van der Waals surface area contributed by atoms with Gasteiger partial charge in [-0.1, -0.05) is 0 Å². The van der Waals surface area contributed by atoms with E-state index in [1.165, 1.54) is 16.8 Å². The Hall–Kier alpha value is -3.89. The van der Waals surface area contributed by atoms with E-state index in [9.17, 15) is 18.0 Å². The Bertz CT molecular complexity index is 1180. The summed E-state index contributed by atoms with van der Waals surface area (Å²) in [5.41, 5.74) is 7.22. The van der Waals surface area contributed by atoms with Crippen LogP contribution in [0.1, 0.15) is 5.56 Å². The van der Waals surface area contributed by atoms with Gasteiger partial charge >= 0.3 is 6.18 Å². The maximum absolute atomic E-state index is 12.6. The molecule has 3 aromatic heterocycles. The Morgan fingerprint density at radius 1 is 1.14 bits per heavy atom. The standard InChI is InChI=1S/C18H14F3N7O/c19-18(20,21)13-1-3-14(4-2-13)24-16(29)10-27-9-12(8-23-27)11-5-6-28-15(7-11)25-17(22)26-28/h1-9H,10H2,(H2,22,26)(H,24,29). The number of alkyl halides is 3. The normalized spacial score (nSPS) is 11.7. The lowest BCUT2D eigenvalue weighted by Gasteiger charge is -2.09. The quantitative estimate of drug-likeness (QED) is 0.547. The summed E-state index contributed by atoms with van der Waals surface area (Å²) in [4.78, 5) is 16.2. The molecule has 1 amide bonds. The molecule has 0 unspecified atom stereocenters. The van der Waals surface area contributed by atoms with E-state index in [4.69, 9.17) is 5.73 Å². The number of aromatic nitrogens is 5. The first-order valence-electron chi connectivity index (χ1n) is 8.40. The van der Waals surface area contributed by atoms with Gasteiger partial charge in [-0.05, 0) is 42.0 Å². The van der Waals surface area contributed by atoms with Crippen LogP contribution < -0.4 is 11.1 Å². The minimum Gasteiger partial charge on any atom is -0.366 e. The lowest BCUT2D eigenvalue weighted by molar-refractivity contribution is -0.137. The lowest BCUT2D eigenvalue weighted by Crippen LogP contribution is -2.19. The van der Waals surface area contributed by atoms with Crippen LogP contribution >= 0.6 is 0 Å². The smallest absolute Gasteiger partial charge is 0.366 e. The number of carbonyl (C=O) groups excluding carboxylic acids is 1. The van der Waals surface area contributed by atoms with Crippen molar-refractivity contribution in [3.05, 3.63) is 60.6 Å². The number of benzene rings is 1.